The number of halogens is 1. The van der Waals surface area contributed by atoms with Crippen LogP contribution in [0.1, 0.15) is 0 Å². The van der Waals surface area contributed by atoms with Crippen molar-refractivity contribution in [2.24, 2.45) is 0 Å². The summed E-state index contributed by atoms with van der Waals surface area (Å²) in [5, 5.41) is 11.7. The van der Waals surface area contributed by atoms with E-state index in [4.69, 9.17) is 5.26 Å². The van der Waals surface area contributed by atoms with Crippen molar-refractivity contribution in [2.45, 2.75) is 0 Å². The highest BCUT2D eigenvalue weighted by Gasteiger charge is 2.04. The molecule has 0 aliphatic carbocycles. The van der Waals surface area contributed by atoms with Crippen LogP contribution in [0.3, 0.4) is 0 Å². The van der Waals surface area contributed by atoms with Gasteiger partial charge in [-0.1, -0.05) is 0 Å². The maximum atomic E-state index is 12.8. The molecule has 96 valence electrons. The molecule has 0 aliphatic rings. The van der Waals surface area contributed by atoms with E-state index in [1.165, 1.54) is 18.5 Å². The van der Waals surface area contributed by atoms with E-state index in [0.29, 0.717) is 11.6 Å². The van der Waals surface area contributed by atoms with Gasteiger partial charge in [-0.3, -0.25) is 0 Å². The van der Waals surface area contributed by atoms with Crippen molar-refractivity contribution in [3.05, 3.63) is 42.5 Å². The first-order valence-corrected chi connectivity index (χ1v) is 5.62. The normalized spacial score (nSPS) is 9.74. The lowest BCUT2D eigenvalue weighted by molar-refractivity contribution is 0.628. The Morgan fingerprint density at radius 3 is 2.74 bits per heavy atom. The lowest BCUT2D eigenvalue weighted by Gasteiger charge is -2.14. The second-order valence-corrected chi connectivity index (χ2v) is 3.91. The van der Waals surface area contributed by atoms with Crippen LogP contribution >= 0.6 is 0 Å². The maximum Gasteiger partial charge on any atom is 0.135 e. The molecule has 0 bridgehead atoms. The van der Waals surface area contributed by atoms with E-state index in [1.807, 2.05) is 6.07 Å². The highest BCUT2D eigenvalue weighted by Crippen LogP contribution is 2.17. The number of nitrogens with zero attached hydrogens (tertiary/aromatic N) is 4. The van der Waals surface area contributed by atoms with Crippen LogP contribution in [-0.2, 0) is 0 Å². The number of benzene rings is 1. The van der Waals surface area contributed by atoms with Gasteiger partial charge in [-0.25, -0.2) is 14.4 Å². The summed E-state index contributed by atoms with van der Waals surface area (Å²) in [4.78, 5) is 9.86. The van der Waals surface area contributed by atoms with Gasteiger partial charge in [0, 0.05) is 18.8 Å². The van der Waals surface area contributed by atoms with Crippen molar-refractivity contribution in [3.8, 4) is 6.07 Å². The molecule has 1 aromatic heterocycles. The topological polar surface area (TPSA) is 64.8 Å². The molecule has 1 aromatic carbocycles. The molecule has 1 N–H and O–H groups in total. The SMILES string of the molecule is CN(CC#N)c1cc(Nc2ccc(F)cc2)ncn1. The van der Waals surface area contributed by atoms with E-state index in [2.05, 4.69) is 15.3 Å². The average Bonchev–Trinajstić information content (AvgIpc) is 2.42. The summed E-state index contributed by atoms with van der Waals surface area (Å²) in [6.07, 6.45) is 1.41. The number of hydrogen-bond acceptors (Lipinski definition) is 5. The second kappa shape index (κ2) is 5.78. The van der Waals surface area contributed by atoms with Crippen LogP contribution in [0, 0.1) is 17.1 Å². The lowest BCUT2D eigenvalue weighted by atomic mass is 10.3. The summed E-state index contributed by atoms with van der Waals surface area (Å²) < 4.78 is 12.8. The minimum Gasteiger partial charge on any atom is -0.346 e. The molecule has 5 nitrogen and oxygen atoms in total. The zero-order valence-electron chi connectivity index (χ0n) is 10.3. The lowest BCUT2D eigenvalue weighted by Crippen LogP contribution is -2.18. The first kappa shape index (κ1) is 12.8. The predicted octanol–water partition coefficient (Wildman–Crippen LogP) is 2.32. The van der Waals surface area contributed by atoms with Gasteiger partial charge >= 0.3 is 0 Å². The zero-order chi connectivity index (χ0) is 13.7. The number of rotatable bonds is 4. The Morgan fingerprint density at radius 1 is 1.32 bits per heavy atom. The highest BCUT2D eigenvalue weighted by atomic mass is 19.1. The molecule has 6 heteroatoms. The molecule has 2 aromatic rings. The average molecular weight is 257 g/mol. The molecule has 0 spiro atoms. The minimum absolute atomic E-state index is 0.243. The Kier molecular flexibility index (Phi) is 3.88. The van der Waals surface area contributed by atoms with Crippen molar-refractivity contribution in [1.82, 2.24) is 9.97 Å². The quantitative estimate of drug-likeness (QED) is 0.851. The number of nitriles is 1. The number of anilines is 3. The van der Waals surface area contributed by atoms with Gasteiger partial charge in [-0.05, 0) is 24.3 Å². The van der Waals surface area contributed by atoms with E-state index in [9.17, 15) is 4.39 Å². The van der Waals surface area contributed by atoms with Crippen molar-refractivity contribution in [3.63, 3.8) is 0 Å². The van der Waals surface area contributed by atoms with Gasteiger partial charge < -0.3 is 10.2 Å². The van der Waals surface area contributed by atoms with Gasteiger partial charge in [0.05, 0.1) is 6.07 Å². The van der Waals surface area contributed by atoms with Gasteiger partial charge in [0.2, 0.25) is 0 Å². The second-order valence-electron chi connectivity index (χ2n) is 3.91. The first-order chi connectivity index (χ1) is 9.19. The third kappa shape index (κ3) is 3.39. The van der Waals surface area contributed by atoms with Crippen molar-refractivity contribution >= 4 is 17.3 Å². The zero-order valence-corrected chi connectivity index (χ0v) is 10.3. The van der Waals surface area contributed by atoms with Crippen molar-refractivity contribution in [2.75, 3.05) is 23.8 Å². The molecule has 0 radical (unpaired) electrons. The van der Waals surface area contributed by atoms with Crippen LogP contribution in [0.4, 0.5) is 21.7 Å². The molecule has 0 amide bonds. The van der Waals surface area contributed by atoms with Crippen LogP contribution in [0.25, 0.3) is 0 Å². The number of hydrogen-bond donors (Lipinski definition) is 1. The fourth-order valence-corrected chi connectivity index (χ4v) is 1.49. The fraction of sp³-hybridized carbons (Fsp3) is 0.154. The summed E-state index contributed by atoms with van der Waals surface area (Å²) in [6.45, 7) is 0.243. The van der Waals surface area contributed by atoms with E-state index in [1.54, 1.807) is 30.1 Å². The molecule has 0 atom stereocenters. The summed E-state index contributed by atoms with van der Waals surface area (Å²) in [5.74, 6) is 0.935. The minimum atomic E-state index is -0.289. The van der Waals surface area contributed by atoms with Crippen LogP contribution in [0.2, 0.25) is 0 Å². The van der Waals surface area contributed by atoms with Crippen LogP contribution < -0.4 is 10.2 Å². The maximum absolute atomic E-state index is 12.8. The molecule has 1 heterocycles. The summed E-state index contributed by atoms with van der Waals surface area (Å²) in [6, 6.07) is 9.74. The molecular formula is C13H12FN5. The van der Waals surface area contributed by atoms with Gasteiger partial charge in [0.1, 0.15) is 30.3 Å². The van der Waals surface area contributed by atoms with Crippen LogP contribution in [0.15, 0.2) is 36.7 Å². The van der Waals surface area contributed by atoms with Gasteiger partial charge in [0.15, 0.2) is 0 Å². The van der Waals surface area contributed by atoms with E-state index in [-0.39, 0.29) is 12.4 Å². The summed E-state index contributed by atoms with van der Waals surface area (Å²) in [5.41, 5.74) is 0.731. The third-order valence-corrected chi connectivity index (χ3v) is 2.47. The largest absolute Gasteiger partial charge is 0.346 e. The van der Waals surface area contributed by atoms with Gasteiger partial charge in [-0.15, -0.1) is 0 Å². The first-order valence-electron chi connectivity index (χ1n) is 5.62. The van der Waals surface area contributed by atoms with E-state index >= 15 is 0 Å². The Bertz CT molecular complexity index is 591. The van der Waals surface area contributed by atoms with Crippen LogP contribution in [0.5, 0.6) is 0 Å². The fourth-order valence-electron chi connectivity index (χ4n) is 1.49. The van der Waals surface area contributed by atoms with Crippen LogP contribution in [-0.4, -0.2) is 23.6 Å². The van der Waals surface area contributed by atoms with E-state index in [0.717, 1.165) is 5.69 Å². The van der Waals surface area contributed by atoms with E-state index < -0.39 is 0 Å². The molecule has 0 aliphatic heterocycles. The van der Waals surface area contributed by atoms with Gasteiger partial charge in [-0.2, -0.15) is 5.26 Å². The number of aromatic nitrogens is 2. The Balaban J connectivity index is 2.15. The molecule has 0 fully saturated rings. The predicted molar refractivity (Wildman–Crippen MR) is 70.6 cm³/mol. The summed E-state index contributed by atoms with van der Waals surface area (Å²) >= 11 is 0. The molecule has 19 heavy (non-hydrogen) atoms. The smallest absolute Gasteiger partial charge is 0.135 e. The van der Waals surface area contributed by atoms with Crippen molar-refractivity contribution < 1.29 is 4.39 Å². The molecule has 0 unspecified atom stereocenters. The highest BCUT2D eigenvalue weighted by molar-refractivity contribution is 5.59. The third-order valence-electron chi connectivity index (χ3n) is 2.47. The van der Waals surface area contributed by atoms with Crippen molar-refractivity contribution in [1.29, 1.82) is 5.26 Å². The Hall–Kier alpha value is -2.68. The molecular weight excluding hydrogens is 245 g/mol. The molecule has 2 rings (SSSR count). The Labute approximate surface area is 110 Å². The standard InChI is InChI=1S/C13H12FN5/c1-19(7-6-15)13-8-12(16-9-17-13)18-11-4-2-10(14)3-5-11/h2-5,8-9H,7H2,1H3,(H,16,17,18). The molecule has 0 saturated carbocycles. The van der Waals surface area contributed by atoms with Gasteiger partial charge in [0.25, 0.3) is 0 Å². The number of nitrogens with one attached hydrogen (secondary N) is 1. The molecule has 0 saturated heterocycles. The Morgan fingerprint density at radius 2 is 2.05 bits per heavy atom. The summed E-state index contributed by atoms with van der Waals surface area (Å²) in [7, 11) is 1.77. The monoisotopic (exact) mass is 257 g/mol.